The molecule has 1 atom stereocenters. The van der Waals surface area contributed by atoms with Gasteiger partial charge in [0.1, 0.15) is 0 Å². The molecule has 0 aromatic rings. The van der Waals surface area contributed by atoms with Gasteiger partial charge in [-0.15, -0.1) is 0 Å². The molecule has 0 spiro atoms. The molecule has 0 N–H and O–H groups in total. The second-order valence-electron chi connectivity index (χ2n) is 7.46. The third-order valence-corrected chi connectivity index (χ3v) is 9.40. The minimum atomic E-state index is -2.27. The molecule has 0 aromatic carbocycles. The van der Waals surface area contributed by atoms with Gasteiger partial charge in [-0.25, -0.2) is 0 Å². The van der Waals surface area contributed by atoms with E-state index < -0.39 is 8.56 Å². The predicted octanol–water partition coefficient (Wildman–Crippen LogP) is 6.48. The van der Waals surface area contributed by atoms with Crippen LogP contribution in [0.1, 0.15) is 92.4 Å². The molecule has 0 heterocycles. The van der Waals surface area contributed by atoms with Crippen LogP contribution in [0.2, 0.25) is 11.6 Å². The Labute approximate surface area is 170 Å². The van der Waals surface area contributed by atoms with E-state index in [4.69, 9.17) is 18.3 Å². The van der Waals surface area contributed by atoms with Crippen LogP contribution in [0.15, 0.2) is 0 Å². The highest BCUT2D eigenvalue weighted by molar-refractivity contribution is 6.69. The van der Waals surface area contributed by atoms with E-state index in [2.05, 4.69) is 20.8 Å². The maximum Gasteiger partial charge on any atom is 0.341 e. The van der Waals surface area contributed by atoms with E-state index >= 15 is 0 Å². The van der Waals surface area contributed by atoms with Crippen molar-refractivity contribution in [2.45, 2.75) is 104 Å². The molecular weight excluding hydrogens is 356 g/mol. The van der Waals surface area contributed by atoms with Gasteiger partial charge in [0.25, 0.3) is 0 Å². The van der Waals surface area contributed by atoms with Gasteiger partial charge in [0, 0.05) is 13.2 Å². The van der Waals surface area contributed by atoms with Crippen molar-refractivity contribution in [3.8, 4) is 0 Å². The highest BCUT2D eigenvalue weighted by atomic mass is 28.4. The van der Waals surface area contributed by atoms with E-state index in [0.717, 1.165) is 19.3 Å². The maximum atomic E-state index is 6.55. The fourth-order valence-corrected chi connectivity index (χ4v) is 7.13. The first-order chi connectivity index (χ1) is 13.2. The summed E-state index contributed by atoms with van der Waals surface area (Å²) in [5.41, 5.74) is 0.513. The second kappa shape index (κ2) is 19.4. The summed E-state index contributed by atoms with van der Waals surface area (Å²) in [6.45, 7) is 15.1. The summed E-state index contributed by atoms with van der Waals surface area (Å²) in [5, 5.41) is 0. The van der Waals surface area contributed by atoms with Crippen LogP contribution < -0.4 is 0 Å². The van der Waals surface area contributed by atoms with Crippen LogP contribution in [0.3, 0.4) is 0 Å². The Morgan fingerprint density at radius 2 is 1.15 bits per heavy atom. The van der Waals surface area contributed by atoms with Gasteiger partial charge in [-0.05, 0) is 31.9 Å². The minimum absolute atomic E-state index is 0.513. The maximum absolute atomic E-state index is 6.55. The standard InChI is InChI=1S/C22H48O4Si/c1-6-10-12-14-16-22(5)27(21-15-13-11-7-2,25-19-17-23-8-3)26-20-18-24-9-4/h22H,6-21H2,1-5H3. The summed E-state index contributed by atoms with van der Waals surface area (Å²) in [7, 11) is -2.27. The smallest absolute Gasteiger partial charge is 0.341 e. The van der Waals surface area contributed by atoms with Gasteiger partial charge < -0.3 is 18.3 Å². The topological polar surface area (TPSA) is 36.9 Å². The van der Waals surface area contributed by atoms with Crippen molar-refractivity contribution in [3.05, 3.63) is 0 Å². The molecule has 0 saturated carbocycles. The molecule has 0 bridgehead atoms. The molecule has 0 radical (unpaired) electrons. The molecule has 27 heavy (non-hydrogen) atoms. The molecule has 0 aliphatic rings. The van der Waals surface area contributed by atoms with Crippen LogP contribution in [0.25, 0.3) is 0 Å². The van der Waals surface area contributed by atoms with E-state index in [9.17, 15) is 0 Å². The molecule has 1 unspecified atom stereocenters. The van der Waals surface area contributed by atoms with Crippen LogP contribution in [-0.4, -0.2) is 48.2 Å². The van der Waals surface area contributed by atoms with Crippen LogP contribution in [-0.2, 0) is 18.3 Å². The zero-order chi connectivity index (χ0) is 20.2. The Morgan fingerprint density at radius 3 is 1.63 bits per heavy atom. The number of hydrogen-bond donors (Lipinski definition) is 0. The van der Waals surface area contributed by atoms with Crippen molar-refractivity contribution in [1.29, 1.82) is 0 Å². The Bertz CT molecular complexity index is 271. The van der Waals surface area contributed by atoms with Gasteiger partial charge in [-0.3, -0.25) is 0 Å². The molecule has 0 saturated heterocycles. The van der Waals surface area contributed by atoms with Crippen molar-refractivity contribution >= 4 is 8.56 Å². The van der Waals surface area contributed by atoms with Gasteiger partial charge in [0.2, 0.25) is 0 Å². The number of unbranched alkanes of at least 4 members (excludes halogenated alkanes) is 6. The SMILES string of the molecule is CCCCCCC(C)[Si](CCCCCC)(OCCOCC)OCCOCC. The lowest BCUT2D eigenvalue weighted by Crippen LogP contribution is -2.47. The molecule has 0 aromatic heterocycles. The van der Waals surface area contributed by atoms with Crippen LogP contribution >= 0.6 is 0 Å². The largest absolute Gasteiger partial charge is 0.392 e. The lowest BCUT2D eigenvalue weighted by Gasteiger charge is -2.36. The minimum Gasteiger partial charge on any atom is -0.392 e. The average molecular weight is 405 g/mol. The Hall–Kier alpha value is 0.0569. The average Bonchev–Trinajstić information content (AvgIpc) is 2.68. The summed E-state index contributed by atoms with van der Waals surface area (Å²) in [4.78, 5) is 0. The molecule has 0 aliphatic heterocycles. The van der Waals surface area contributed by atoms with Gasteiger partial charge in [0.15, 0.2) is 0 Å². The van der Waals surface area contributed by atoms with Crippen molar-refractivity contribution in [3.63, 3.8) is 0 Å². The number of ether oxygens (including phenoxy) is 2. The summed E-state index contributed by atoms with van der Waals surface area (Å²) >= 11 is 0. The highest BCUT2D eigenvalue weighted by Crippen LogP contribution is 2.34. The van der Waals surface area contributed by atoms with Crippen molar-refractivity contribution in [1.82, 2.24) is 0 Å². The first kappa shape index (κ1) is 27.1. The zero-order valence-corrected chi connectivity index (χ0v) is 20.0. The van der Waals surface area contributed by atoms with E-state index in [1.54, 1.807) is 0 Å². The quantitative estimate of drug-likeness (QED) is 0.162. The van der Waals surface area contributed by atoms with Crippen LogP contribution in [0.5, 0.6) is 0 Å². The summed E-state index contributed by atoms with van der Waals surface area (Å²) < 4.78 is 24.1. The normalized spacial score (nSPS) is 13.2. The summed E-state index contributed by atoms with van der Waals surface area (Å²) in [6, 6.07) is 1.10. The lowest BCUT2D eigenvalue weighted by atomic mass is 10.1. The van der Waals surface area contributed by atoms with Crippen LogP contribution in [0.4, 0.5) is 0 Å². The predicted molar refractivity (Wildman–Crippen MR) is 118 cm³/mol. The third kappa shape index (κ3) is 13.8. The molecule has 0 aliphatic carbocycles. The third-order valence-electron chi connectivity index (χ3n) is 5.18. The molecule has 0 fully saturated rings. The van der Waals surface area contributed by atoms with E-state index in [1.165, 1.54) is 57.8 Å². The highest BCUT2D eigenvalue weighted by Gasteiger charge is 2.42. The summed E-state index contributed by atoms with van der Waals surface area (Å²) in [6.07, 6.45) is 11.5. The summed E-state index contributed by atoms with van der Waals surface area (Å²) in [5.74, 6) is 0. The van der Waals surface area contributed by atoms with Gasteiger partial charge in [0.05, 0.1) is 26.4 Å². The first-order valence-corrected chi connectivity index (χ1v) is 13.7. The van der Waals surface area contributed by atoms with Crippen molar-refractivity contribution in [2.75, 3.05) is 39.6 Å². The number of rotatable bonds is 21. The molecule has 0 amide bonds. The molecule has 5 heteroatoms. The molecular formula is C22H48O4Si. The molecule has 0 rings (SSSR count). The fraction of sp³-hybridized carbons (Fsp3) is 1.00. The second-order valence-corrected chi connectivity index (χ2v) is 11.2. The molecule has 164 valence electrons. The van der Waals surface area contributed by atoms with Gasteiger partial charge in [-0.1, -0.05) is 72.1 Å². The van der Waals surface area contributed by atoms with Crippen LogP contribution in [0, 0.1) is 0 Å². The van der Waals surface area contributed by atoms with E-state index in [0.29, 0.717) is 32.0 Å². The molecule has 4 nitrogen and oxygen atoms in total. The fourth-order valence-electron chi connectivity index (χ4n) is 3.45. The van der Waals surface area contributed by atoms with Crippen molar-refractivity contribution < 1.29 is 18.3 Å². The lowest BCUT2D eigenvalue weighted by molar-refractivity contribution is 0.0604. The Morgan fingerprint density at radius 1 is 0.630 bits per heavy atom. The Kier molecular flexibility index (Phi) is 19.4. The number of hydrogen-bond acceptors (Lipinski definition) is 4. The van der Waals surface area contributed by atoms with E-state index in [-0.39, 0.29) is 0 Å². The first-order valence-electron chi connectivity index (χ1n) is 11.6. The van der Waals surface area contributed by atoms with Gasteiger partial charge in [-0.2, -0.15) is 0 Å². The zero-order valence-electron chi connectivity index (χ0n) is 19.0. The van der Waals surface area contributed by atoms with Crippen molar-refractivity contribution in [2.24, 2.45) is 0 Å². The monoisotopic (exact) mass is 404 g/mol. The van der Waals surface area contributed by atoms with Gasteiger partial charge >= 0.3 is 8.56 Å². The van der Waals surface area contributed by atoms with E-state index in [1.807, 2.05) is 13.8 Å². The Balaban J connectivity index is 4.90.